The van der Waals surface area contributed by atoms with E-state index in [1.165, 1.54) is 6.42 Å². The van der Waals surface area contributed by atoms with Crippen LogP contribution in [0.15, 0.2) is 0 Å². The zero-order valence-electron chi connectivity index (χ0n) is 10.6. The molecule has 100 valence electrons. The predicted molar refractivity (Wildman–Crippen MR) is 73.3 cm³/mol. The second-order valence-corrected chi connectivity index (χ2v) is 5.36. The van der Waals surface area contributed by atoms with Gasteiger partial charge < -0.3 is 4.74 Å². The van der Waals surface area contributed by atoms with E-state index in [9.17, 15) is 0 Å². The van der Waals surface area contributed by atoms with Gasteiger partial charge in [-0.05, 0) is 25.7 Å². The molecule has 1 aromatic rings. The molecule has 1 saturated heterocycles. The Morgan fingerprint density at radius 1 is 1.22 bits per heavy atom. The second-order valence-electron chi connectivity index (χ2n) is 4.64. The van der Waals surface area contributed by atoms with Gasteiger partial charge in [-0.3, -0.25) is 0 Å². The molecule has 1 atom stereocenters. The molecule has 1 aliphatic rings. The summed E-state index contributed by atoms with van der Waals surface area (Å²) in [5.74, 6) is 0.691. The quantitative estimate of drug-likeness (QED) is 0.790. The molecule has 0 aromatic carbocycles. The lowest BCUT2D eigenvalue weighted by Gasteiger charge is -2.22. The second kappa shape index (κ2) is 6.69. The Kier molecular flexibility index (Phi) is 5.22. The van der Waals surface area contributed by atoms with Crippen LogP contribution in [-0.4, -0.2) is 22.7 Å². The van der Waals surface area contributed by atoms with E-state index in [2.05, 4.69) is 16.9 Å². The lowest BCUT2D eigenvalue weighted by Crippen LogP contribution is -2.22. The van der Waals surface area contributed by atoms with Crippen molar-refractivity contribution >= 4 is 23.2 Å². The molecule has 3 nitrogen and oxygen atoms in total. The third kappa shape index (κ3) is 3.56. The first-order valence-corrected chi connectivity index (χ1v) is 7.28. The fourth-order valence-electron chi connectivity index (χ4n) is 2.19. The lowest BCUT2D eigenvalue weighted by molar-refractivity contribution is 0.0156. The first kappa shape index (κ1) is 14.0. The highest BCUT2D eigenvalue weighted by Crippen LogP contribution is 2.24. The third-order valence-corrected chi connectivity index (χ3v) is 3.76. The molecule has 0 radical (unpaired) electrons. The molecule has 2 rings (SSSR count). The van der Waals surface area contributed by atoms with Crippen molar-refractivity contribution in [3.63, 3.8) is 0 Å². The van der Waals surface area contributed by atoms with Crippen molar-refractivity contribution in [3.8, 4) is 0 Å². The minimum Gasteiger partial charge on any atom is -0.378 e. The Labute approximate surface area is 118 Å². The van der Waals surface area contributed by atoms with Gasteiger partial charge in [-0.2, -0.15) is 0 Å². The topological polar surface area (TPSA) is 35.0 Å². The molecule has 0 aliphatic carbocycles. The molecule has 0 N–H and O–H groups in total. The Morgan fingerprint density at radius 2 is 1.94 bits per heavy atom. The molecule has 5 heteroatoms. The summed E-state index contributed by atoms with van der Waals surface area (Å²) >= 11 is 12.3. The molecule has 18 heavy (non-hydrogen) atoms. The fraction of sp³-hybridized carbons (Fsp3) is 0.692. The zero-order chi connectivity index (χ0) is 13.0. The van der Waals surface area contributed by atoms with E-state index in [0.29, 0.717) is 22.6 Å². The van der Waals surface area contributed by atoms with Crippen LogP contribution in [0, 0.1) is 0 Å². The summed E-state index contributed by atoms with van der Waals surface area (Å²) in [6.07, 6.45) is 6.13. The lowest BCUT2D eigenvalue weighted by atomic mass is 10.1. The average molecular weight is 289 g/mol. The number of rotatable bonds is 4. The van der Waals surface area contributed by atoms with Crippen LogP contribution in [0.3, 0.4) is 0 Å². The number of hydrogen-bond donors (Lipinski definition) is 0. The minimum absolute atomic E-state index is 0.211. The number of hydrogen-bond acceptors (Lipinski definition) is 3. The Balaban J connectivity index is 2.09. The van der Waals surface area contributed by atoms with Crippen molar-refractivity contribution < 1.29 is 4.74 Å². The van der Waals surface area contributed by atoms with Crippen molar-refractivity contribution in [2.75, 3.05) is 6.61 Å². The van der Waals surface area contributed by atoms with Gasteiger partial charge in [-0.25, -0.2) is 9.97 Å². The van der Waals surface area contributed by atoms with E-state index in [1.807, 2.05) is 0 Å². The molecule has 1 aromatic heterocycles. The summed E-state index contributed by atoms with van der Waals surface area (Å²) in [6, 6.07) is 0. The van der Waals surface area contributed by atoms with Crippen LogP contribution < -0.4 is 0 Å². The SMILES string of the molecule is CCCc1c(Cl)nc(CC2CCCCO2)nc1Cl. The molecular formula is C13H18Cl2N2O. The van der Waals surface area contributed by atoms with E-state index >= 15 is 0 Å². The summed E-state index contributed by atoms with van der Waals surface area (Å²) in [7, 11) is 0. The van der Waals surface area contributed by atoms with E-state index < -0.39 is 0 Å². The van der Waals surface area contributed by atoms with Crippen molar-refractivity contribution in [1.82, 2.24) is 9.97 Å². The predicted octanol–water partition coefficient (Wildman–Crippen LogP) is 3.85. The van der Waals surface area contributed by atoms with Crippen LogP contribution >= 0.6 is 23.2 Å². The minimum atomic E-state index is 0.211. The first-order valence-electron chi connectivity index (χ1n) is 6.53. The fourth-order valence-corrected chi connectivity index (χ4v) is 2.80. The molecule has 1 unspecified atom stereocenters. The smallest absolute Gasteiger partial charge is 0.137 e. The normalized spacial score (nSPS) is 20.1. The van der Waals surface area contributed by atoms with Crippen LogP contribution in [0.2, 0.25) is 10.3 Å². The molecule has 0 spiro atoms. The van der Waals surface area contributed by atoms with Gasteiger partial charge in [0.25, 0.3) is 0 Å². The van der Waals surface area contributed by atoms with Gasteiger partial charge in [0, 0.05) is 18.6 Å². The summed E-state index contributed by atoms with van der Waals surface area (Å²) in [5.41, 5.74) is 0.856. The summed E-state index contributed by atoms with van der Waals surface area (Å²) in [6.45, 7) is 2.91. The van der Waals surface area contributed by atoms with Crippen LogP contribution in [0.25, 0.3) is 0 Å². The van der Waals surface area contributed by atoms with Crippen LogP contribution in [-0.2, 0) is 17.6 Å². The van der Waals surface area contributed by atoms with Gasteiger partial charge >= 0.3 is 0 Å². The van der Waals surface area contributed by atoms with Crippen molar-refractivity contribution in [2.45, 2.75) is 51.6 Å². The van der Waals surface area contributed by atoms with Crippen LogP contribution in [0.5, 0.6) is 0 Å². The van der Waals surface area contributed by atoms with Crippen molar-refractivity contribution in [1.29, 1.82) is 0 Å². The molecule has 1 fully saturated rings. The standard InChI is InChI=1S/C13H18Cl2N2O/c1-2-5-10-12(14)16-11(17-13(10)15)8-9-6-3-4-7-18-9/h9H,2-8H2,1H3. The number of nitrogens with zero attached hydrogens (tertiary/aromatic N) is 2. The van der Waals surface area contributed by atoms with Crippen LogP contribution in [0.1, 0.15) is 44.0 Å². The van der Waals surface area contributed by atoms with Crippen LogP contribution in [0.4, 0.5) is 0 Å². The average Bonchev–Trinajstić information content (AvgIpc) is 2.35. The maximum Gasteiger partial charge on any atom is 0.137 e. The first-order chi connectivity index (χ1) is 8.70. The highest BCUT2D eigenvalue weighted by atomic mass is 35.5. The number of aromatic nitrogens is 2. The zero-order valence-corrected chi connectivity index (χ0v) is 12.1. The Hall–Kier alpha value is -0.380. The van der Waals surface area contributed by atoms with Gasteiger partial charge in [0.2, 0.25) is 0 Å². The van der Waals surface area contributed by atoms with Gasteiger partial charge in [-0.15, -0.1) is 0 Å². The van der Waals surface area contributed by atoms with Gasteiger partial charge in [0.05, 0.1) is 6.10 Å². The largest absolute Gasteiger partial charge is 0.378 e. The van der Waals surface area contributed by atoms with Gasteiger partial charge in [0.15, 0.2) is 0 Å². The maximum atomic E-state index is 6.15. The van der Waals surface area contributed by atoms with E-state index in [0.717, 1.165) is 37.9 Å². The molecule has 0 bridgehead atoms. The summed E-state index contributed by atoms with van der Waals surface area (Å²) in [4.78, 5) is 8.67. The summed E-state index contributed by atoms with van der Waals surface area (Å²) in [5, 5.41) is 0.977. The van der Waals surface area contributed by atoms with Crippen molar-refractivity contribution in [2.24, 2.45) is 0 Å². The van der Waals surface area contributed by atoms with Gasteiger partial charge in [-0.1, -0.05) is 36.5 Å². The Bertz CT molecular complexity index is 383. The molecule has 0 amide bonds. The van der Waals surface area contributed by atoms with E-state index in [4.69, 9.17) is 27.9 Å². The molecule has 2 heterocycles. The monoisotopic (exact) mass is 288 g/mol. The molecule has 0 saturated carbocycles. The Morgan fingerprint density at radius 3 is 2.50 bits per heavy atom. The highest BCUT2D eigenvalue weighted by molar-refractivity contribution is 6.34. The summed E-state index contributed by atoms with van der Waals surface area (Å²) < 4.78 is 5.67. The van der Waals surface area contributed by atoms with E-state index in [1.54, 1.807) is 0 Å². The molecular weight excluding hydrogens is 271 g/mol. The third-order valence-electron chi connectivity index (χ3n) is 3.14. The highest BCUT2D eigenvalue weighted by Gasteiger charge is 2.18. The van der Waals surface area contributed by atoms with Gasteiger partial charge in [0.1, 0.15) is 16.1 Å². The molecule has 1 aliphatic heterocycles. The number of ether oxygens (including phenoxy) is 1. The van der Waals surface area contributed by atoms with E-state index in [-0.39, 0.29) is 6.10 Å². The maximum absolute atomic E-state index is 6.15. The van der Waals surface area contributed by atoms with Crippen molar-refractivity contribution in [3.05, 3.63) is 21.7 Å². The number of halogens is 2.